The van der Waals surface area contributed by atoms with E-state index >= 15 is 0 Å². The second-order valence-electron chi connectivity index (χ2n) is 5.84. The molecule has 0 heterocycles. The molecule has 0 saturated heterocycles. The SMILES string of the molecule is CCOC(=O)C[C@H]1CCCC(=O)[C@@H]1c1ccc(F)c(C(F)(F)F)c1. The third-order valence-corrected chi connectivity index (χ3v) is 4.21. The van der Waals surface area contributed by atoms with E-state index in [9.17, 15) is 27.2 Å². The van der Waals surface area contributed by atoms with Crippen molar-refractivity contribution in [2.24, 2.45) is 5.92 Å². The fraction of sp³-hybridized carbons (Fsp3) is 0.529. The van der Waals surface area contributed by atoms with E-state index in [2.05, 4.69) is 0 Å². The van der Waals surface area contributed by atoms with Crippen LogP contribution in [0, 0.1) is 11.7 Å². The first kappa shape index (κ1) is 18.4. The van der Waals surface area contributed by atoms with Gasteiger partial charge < -0.3 is 4.74 Å². The predicted octanol–water partition coefficient (Wildman–Crippen LogP) is 4.25. The van der Waals surface area contributed by atoms with Crippen LogP contribution in [-0.2, 0) is 20.5 Å². The van der Waals surface area contributed by atoms with E-state index < -0.39 is 35.4 Å². The molecule has 3 nitrogen and oxygen atoms in total. The molecular weight excluding hydrogens is 328 g/mol. The van der Waals surface area contributed by atoms with E-state index in [-0.39, 0.29) is 30.8 Å². The standard InChI is InChI=1S/C17H18F4O3/c1-2-24-15(23)9-10-4-3-5-14(22)16(10)11-6-7-13(18)12(8-11)17(19,20)21/h6-8,10,16H,2-5,9H2,1H3/t10-,16+/m1/s1. The Balaban J connectivity index is 2.35. The van der Waals surface area contributed by atoms with Crippen molar-refractivity contribution in [1.82, 2.24) is 0 Å². The van der Waals surface area contributed by atoms with Crippen molar-refractivity contribution in [1.29, 1.82) is 0 Å². The molecule has 1 aromatic carbocycles. The maximum atomic E-state index is 13.5. The zero-order valence-corrected chi connectivity index (χ0v) is 13.2. The van der Waals surface area contributed by atoms with Gasteiger partial charge in [0.15, 0.2) is 0 Å². The molecule has 0 N–H and O–H groups in total. The van der Waals surface area contributed by atoms with Gasteiger partial charge in [-0.15, -0.1) is 0 Å². The number of ether oxygens (including phenoxy) is 1. The Morgan fingerprint density at radius 2 is 2.04 bits per heavy atom. The third kappa shape index (κ3) is 4.13. The first-order valence-corrected chi connectivity index (χ1v) is 7.79. The van der Waals surface area contributed by atoms with E-state index in [1.165, 1.54) is 6.07 Å². The monoisotopic (exact) mass is 346 g/mol. The fourth-order valence-electron chi connectivity index (χ4n) is 3.19. The van der Waals surface area contributed by atoms with Crippen LogP contribution in [0.1, 0.15) is 49.7 Å². The second kappa shape index (κ2) is 7.32. The molecule has 0 radical (unpaired) electrons. The van der Waals surface area contributed by atoms with E-state index in [1.807, 2.05) is 0 Å². The van der Waals surface area contributed by atoms with E-state index in [1.54, 1.807) is 6.92 Å². The molecule has 24 heavy (non-hydrogen) atoms. The van der Waals surface area contributed by atoms with Gasteiger partial charge in [-0.3, -0.25) is 9.59 Å². The van der Waals surface area contributed by atoms with Crippen molar-refractivity contribution in [2.45, 2.75) is 44.7 Å². The van der Waals surface area contributed by atoms with Gasteiger partial charge in [-0.2, -0.15) is 13.2 Å². The molecule has 1 aromatic rings. The lowest BCUT2D eigenvalue weighted by Crippen LogP contribution is -2.29. The molecule has 7 heteroatoms. The highest BCUT2D eigenvalue weighted by molar-refractivity contribution is 5.87. The lowest BCUT2D eigenvalue weighted by molar-refractivity contribution is -0.145. The summed E-state index contributed by atoms with van der Waals surface area (Å²) in [6.07, 6.45) is -3.53. The Kier molecular flexibility index (Phi) is 5.62. The number of Topliss-reactive ketones (excluding diaryl/α,β-unsaturated/α-hetero) is 1. The van der Waals surface area contributed by atoms with Gasteiger partial charge in [0, 0.05) is 18.8 Å². The van der Waals surface area contributed by atoms with Crippen molar-refractivity contribution < 1.29 is 31.9 Å². The Morgan fingerprint density at radius 1 is 1.33 bits per heavy atom. The average molecular weight is 346 g/mol. The molecule has 2 atom stereocenters. The van der Waals surface area contributed by atoms with Gasteiger partial charge in [-0.1, -0.05) is 6.07 Å². The normalized spacial score (nSPS) is 21.6. The Morgan fingerprint density at radius 3 is 2.67 bits per heavy atom. The molecule has 1 aliphatic rings. The molecule has 0 bridgehead atoms. The van der Waals surface area contributed by atoms with Gasteiger partial charge in [-0.05, 0) is 43.4 Å². The number of carbonyl (C=O) groups is 2. The Hall–Kier alpha value is -1.92. The molecule has 0 amide bonds. The topological polar surface area (TPSA) is 43.4 Å². The maximum Gasteiger partial charge on any atom is 0.419 e. The number of alkyl halides is 3. The quantitative estimate of drug-likeness (QED) is 0.605. The minimum atomic E-state index is -4.84. The molecule has 0 unspecified atom stereocenters. The van der Waals surface area contributed by atoms with Gasteiger partial charge >= 0.3 is 12.1 Å². The number of carbonyl (C=O) groups excluding carboxylic acids is 2. The summed E-state index contributed by atoms with van der Waals surface area (Å²) < 4.78 is 57.0. The van der Waals surface area contributed by atoms with Crippen LogP contribution < -0.4 is 0 Å². The van der Waals surface area contributed by atoms with Crippen molar-refractivity contribution in [3.8, 4) is 0 Å². The van der Waals surface area contributed by atoms with Crippen molar-refractivity contribution >= 4 is 11.8 Å². The molecule has 0 spiro atoms. The highest BCUT2D eigenvalue weighted by atomic mass is 19.4. The zero-order chi connectivity index (χ0) is 17.9. The summed E-state index contributed by atoms with van der Waals surface area (Å²) in [5.41, 5.74) is -1.30. The molecule has 132 valence electrons. The average Bonchev–Trinajstić information content (AvgIpc) is 2.47. The van der Waals surface area contributed by atoms with Gasteiger partial charge in [0.25, 0.3) is 0 Å². The van der Waals surface area contributed by atoms with E-state index in [0.717, 1.165) is 6.07 Å². The number of hydrogen-bond donors (Lipinski definition) is 0. The van der Waals surface area contributed by atoms with Crippen LogP contribution in [0.2, 0.25) is 0 Å². The van der Waals surface area contributed by atoms with Crippen LogP contribution in [0.3, 0.4) is 0 Å². The maximum absolute atomic E-state index is 13.5. The first-order valence-electron chi connectivity index (χ1n) is 7.79. The fourth-order valence-corrected chi connectivity index (χ4v) is 3.19. The van der Waals surface area contributed by atoms with Gasteiger partial charge in [0.05, 0.1) is 12.2 Å². The predicted molar refractivity (Wildman–Crippen MR) is 77.7 cm³/mol. The second-order valence-corrected chi connectivity index (χ2v) is 5.84. The summed E-state index contributed by atoms with van der Waals surface area (Å²) in [7, 11) is 0. The largest absolute Gasteiger partial charge is 0.466 e. The van der Waals surface area contributed by atoms with Crippen molar-refractivity contribution in [3.63, 3.8) is 0 Å². The molecular formula is C17H18F4O3. The number of benzene rings is 1. The summed E-state index contributed by atoms with van der Waals surface area (Å²) in [5.74, 6) is -3.37. The first-order chi connectivity index (χ1) is 11.2. The lowest BCUT2D eigenvalue weighted by atomic mass is 9.73. The number of halogens is 4. The third-order valence-electron chi connectivity index (χ3n) is 4.21. The van der Waals surface area contributed by atoms with Crippen molar-refractivity contribution in [2.75, 3.05) is 6.61 Å². The van der Waals surface area contributed by atoms with Gasteiger partial charge in [0.1, 0.15) is 11.6 Å². The molecule has 2 rings (SSSR count). The van der Waals surface area contributed by atoms with Gasteiger partial charge in [-0.25, -0.2) is 4.39 Å². The zero-order valence-electron chi connectivity index (χ0n) is 13.2. The van der Waals surface area contributed by atoms with Crippen LogP contribution in [0.15, 0.2) is 18.2 Å². The van der Waals surface area contributed by atoms with Crippen LogP contribution in [0.4, 0.5) is 17.6 Å². The minimum Gasteiger partial charge on any atom is -0.466 e. The van der Waals surface area contributed by atoms with Crippen LogP contribution in [0.5, 0.6) is 0 Å². The van der Waals surface area contributed by atoms with Crippen LogP contribution in [0.25, 0.3) is 0 Å². The summed E-state index contributed by atoms with van der Waals surface area (Å²) in [6.45, 7) is 1.84. The number of rotatable bonds is 4. The molecule has 1 fully saturated rings. The number of esters is 1. The summed E-state index contributed by atoms with van der Waals surface area (Å²) in [6, 6.07) is 2.60. The number of hydrogen-bond acceptors (Lipinski definition) is 3. The Labute approximate surface area is 137 Å². The summed E-state index contributed by atoms with van der Waals surface area (Å²) >= 11 is 0. The van der Waals surface area contributed by atoms with Crippen LogP contribution in [-0.4, -0.2) is 18.4 Å². The van der Waals surface area contributed by atoms with E-state index in [4.69, 9.17) is 4.74 Å². The molecule has 0 aliphatic heterocycles. The Bertz CT molecular complexity index is 625. The summed E-state index contributed by atoms with van der Waals surface area (Å²) in [5, 5.41) is 0. The highest BCUT2D eigenvalue weighted by Gasteiger charge is 2.38. The summed E-state index contributed by atoms with van der Waals surface area (Å²) in [4.78, 5) is 24.0. The van der Waals surface area contributed by atoms with Gasteiger partial charge in [0.2, 0.25) is 0 Å². The molecule has 1 aliphatic carbocycles. The van der Waals surface area contributed by atoms with E-state index in [0.29, 0.717) is 18.9 Å². The highest BCUT2D eigenvalue weighted by Crippen LogP contribution is 2.40. The molecule has 1 saturated carbocycles. The van der Waals surface area contributed by atoms with Crippen LogP contribution >= 0.6 is 0 Å². The lowest BCUT2D eigenvalue weighted by Gasteiger charge is -2.30. The van der Waals surface area contributed by atoms with Crippen molar-refractivity contribution in [3.05, 3.63) is 35.1 Å². The minimum absolute atomic E-state index is 0.0387. The smallest absolute Gasteiger partial charge is 0.419 e. The molecule has 0 aromatic heterocycles. The number of ketones is 1.